The van der Waals surface area contributed by atoms with Crippen LogP contribution in [0, 0.1) is 6.07 Å². The zero-order chi connectivity index (χ0) is 35.7. The number of rotatable bonds is 7. The van der Waals surface area contributed by atoms with Crippen molar-refractivity contribution in [1.82, 2.24) is 19.0 Å². The third-order valence-electron chi connectivity index (χ3n) is 9.77. The Morgan fingerprint density at radius 3 is 1.76 bits per heavy atom. The van der Waals surface area contributed by atoms with Gasteiger partial charge in [-0.1, -0.05) is 97.9 Å². The predicted molar refractivity (Wildman–Crippen MR) is 209 cm³/mol. The second-order valence-corrected chi connectivity index (χ2v) is 14.5. The largest absolute Gasteiger partial charge is 0.507 e. The van der Waals surface area contributed by atoms with E-state index in [0.29, 0.717) is 23.7 Å². The maximum atomic E-state index is 10.5. The van der Waals surface area contributed by atoms with E-state index < -0.39 is 0 Å². The second-order valence-electron chi connectivity index (χ2n) is 14.5. The maximum absolute atomic E-state index is 10.5. The Kier molecular flexibility index (Phi) is 11.8. The Morgan fingerprint density at radius 1 is 0.647 bits per heavy atom. The molecule has 0 fully saturated rings. The Labute approximate surface area is 318 Å². The number of aromatic hydroxyl groups is 1. The van der Waals surface area contributed by atoms with Crippen molar-refractivity contribution < 1.29 is 25.2 Å². The third kappa shape index (κ3) is 7.22. The molecule has 0 atom stereocenters. The molecular formula is C43H49BIrN5O-. The first-order valence-corrected chi connectivity index (χ1v) is 17.8. The van der Waals surface area contributed by atoms with E-state index >= 15 is 0 Å². The van der Waals surface area contributed by atoms with Gasteiger partial charge in [-0.3, -0.25) is 4.98 Å². The summed E-state index contributed by atoms with van der Waals surface area (Å²) < 4.78 is 4.41. The van der Waals surface area contributed by atoms with Crippen LogP contribution in [0.25, 0.3) is 28.5 Å². The predicted octanol–water partition coefficient (Wildman–Crippen LogP) is 9.78. The van der Waals surface area contributed by atoms with Gasteiger partial charge in [-0.05, 0) is 70.6 Å². The molecule has 3 heterocycles. The molecule has 6 nitrogen and oxygen atoms in total. The van der Waals surface area contributed by atoms with Gasteiger partial charge in [0.15, 0.2) is 0 Å². The van der Waals surface area contributed by atoms with Gasteiger partial charge in [-0.2, -0.15) is 0 Å². The third-order valence-corrected chi connectivity index (χ3v) is 9.77. The number of hydrogen-bond donors (Lipinski definition) is 1. The van der Waals surface area contributed by atoms with Gasteiger partial charge in [-0.25, -0.2) is 4.98 Å². The SMILES string of the molecule is CC(C)c1cccc(C(C)C)c1-n1ccnc1-c1[c-]cccc1.CC(C)c1cccc(C(C)C)c1B1N(C)c2cccc(O)c2-c2nccn21.[Ir]. The number of anilines is 1. The van der Waals surface area contributed by atoms with Crippen molar-refractivity contribution in [3.05, 3.63) is 132 Å². The molecule has 7 rings (SSSR count). The van der Waals surface area contributed by atoms with Crippen molar-refractivity contribution in [3.63, 3.8) is 0 Å². The molecular weight excluding hydrogens is 806 g/mol. The molecule has 1 N–H and O–H groups in total. The van der Waals surface area contributed by atoms with Crippen LogP contribution in [0.5, 0.6) is 5.75 Å². The van der Waals surface area contributed by atoms with Gasteiger partial charge in [-0.15, -0.1) is 35.9 Å². The Morgan fingerprint density at radius 2 is 1.20 bits per heavy atom. The van der Waals surface area contributed by atoms with Crippen molar-refractivity contribution in [2.75, 3.05) is 11.9 Å². The quantitative estimate of drug-likeness (QED) is 0.128. The molecule has 4 aromatic carbocycles. The van der Waals surface area contributed by atoms with Crippen molar-refractivity contribution in [3.8, 4) is 34.2 Å². The molecule has 0 spiro atoms. The Bertz CT molecular complexity index is 2030. The summed E-state index contributed by atoms with van der Waals surface area (Å²) in [5.41, 5.74) is 10.9. The summed E-state index contributed by atoms with van der Waals surface area (Å²) in [5.74, 6) is 3.79. The normalized spacial score (nSPS) is 12.2. The fourth-order valence-corrected chi connectivity index (χ4v) is 7.32. The van der Waals surface area contributed by atoms with Crippen LogP contribution in [0.3, 0.4) is 0 Å². The van der Waals surface area contributed by atoms with E-state index in [9.17, 15) is 5.11 Å². The molecule has 0 unspecified atom stereocenters. The van der Waals surface area contributed by atoms with Gasteiger partial charge < -0.3 is 19.0 Å². The minimum Gasteiger partial charge on any atom is -0.507 e. The van der Waals surface area contributed by atoms with Gasteiger partial charge in [0, 0.05) is 56.3 Å². The molecule has 2 aromatic heterocycles. The first kappa shape index (κ1) is 37.9. The number of para-hydroxylation sites is 1. The van der Waals surface area contributed by atoms with E-state index in [4.69, 9.17) is 0 Å². The molecule has 8 heteroatoms. The fraction of sp³-hybridized carbons (Fsp3) is 0.302. The first-order valence-electron chi connectivity index (χ1n) is 17.8. The summed E-state index contributed by atoms with van der Waals surface area (Å²) >= 11 is 0. The monoisotopic (exact) mass is 855 g/mol. The van der Waals surface area contributed by atoms with Crippen LogP contribution < -0.4 is 10.3 Å². The van der Waals surface area contributed by atoms with E-state index in [1.165, 1.54) is 33.4 Å². The van der Waals surface area contributed by atoms with Crippen LogP contribution in [-0.4, -0.2) is 38.1 Å². The number of fused-ring (bicyclic) bond motifs is 3. The Balaban J connectivity index is 0.000000196. The standard InChI is InChI=1S/C22H26BN3O.C21H23N2.Ir/c1-14(2)16-8-6-9-17(15(3)4)21(16)23-25(5)18-10-7-11-19(27)20(18)22-24-12-13-26(22)23;1-15(2)18-11-8-12-19(16(3)4)20(18)23-14-13-22-21(23)17-9-6-5-7-10-17;/h6-15,27H,1-5H3;5-9,11-16H,1-4H3;/q;-1;. The van der Waals surface area contributed by atoms with Gasteiger partial charge in [0.05, 0.1) is 11.4 Å². The van der Waals surface area contributed by atoms with Crippen molar-refractivity contribution in [2.45, 2.75) is 79.1 Å². The summed E-state index contributed by atoms with van der Waals surface area (Å²) in [7, 11) is 2.10. The minimum absolute atomic E-state index is 0. The molecule has 0 bridgehead atoms. The molecule has 1 aliphatic rings. The molecule has 0 amide bonds. The average Bonchev–Trinajstić information content (AvgIpc) is 3.79. The zero-order valence-electron chi connectivity index (χ0n) is 31.2. The molecule has 0 saturated carbocycles. The zero-order valence-corrected chi connectivity index (χ0v) is 33.6. The molecule has 1 radical (unpaired) electrons. The van der Waals surface area contributed by atoms with Gasteiger partial charge in [0.25, 0.3) is 0 Å². The Hall–Kier alpha value is -4.39. The number of nitrogens with zero attached hydrogens (tertiary/aromatic N) is 5. The number of phenols is 1. The van der Waals surface area contributed by atoms with Crippen LogP contribution >= 0.6 is 0 Å². The second kappa shape index (κ2) is 15.9. The fourth-order valence-electron chi connectivity index (χ4n) is 7.32. The topological polar surface area (TPSA) is 59.1 Å². The van der Waals surface area contributed by atoms with Crippen LogP contribution in [0.1, 0.15) is 101 Å². The van der Waals surface area contributed by atoms with Crippen molar-refractivity contribution in [1.29, 1.82) is 0 Å². The average molecular weight is 855 g/mol. The van der Waals surface area contributed by atoms with E-state index in [2.05, 4.69) is 147 Å². The van der Waals surface area contributed by atoms with E-state index in [1.807, 2.05) is 42.9 Å². The number of phenolic OH excluding ortho intramolecular Hbond substituents is 1. The van der Waals surface area contributed by atoms with Crippen LogP contribution in [-0.2, 0) is 20.1 Å². The summed E-state index contributed by atoms with van der Waals surface area (Å²) in [6, 6.07) is 30.3. The number of hydrogen-bond acceptors (Lipinski definition) is 4. The molecule has 0 aliphatic carbocycles. The molecule has 51 heavy (non-hydrogen) atoms. The molecule has 6 aromatic rings. The number of aromatic nitrogens is 4. The van der Waals surface area contributed by atoms with E-state index in [0.717, 1.165) is 28.5 Å². The van der Waals surface area contributed by atoms with E-state index in [1.54, 1.807) is 6.07 Å². The van der Waals surface area contributed by atoms with Gasteiger partial charge in [0.1, 0.15) is 11.6 Å². The number of imidazole rings is 2. The molecule has 1 aliphatic heterocycles. The molecule has 0 saturated heterocycles. The molecule has 265 valence electrons. The minimum atomic E-state index is 0. The number of benzene rings is 4. The summed E-state index contributed by atoms with van der Waals surface area (Å²) in [6.45, 7) is 18.0. The van der Waals surface area contributed by atoms with Crippen molar-refractivity contribution in [2.24, 2.45) is 0 Å². The van der Waals surface area contributed by atoms with E-state index in [-0.39, 0.29) is 32.8 Å². The summed E-state index contributed by atoms with van der Waals surface area (Å²) in [5, 5.41) is 10.5. The first-order chi connectivity index (χ1) is 24.0. The van der Waals surface area contributed by atoms with Gasteiger partial charge >= 0.3 is 6.98 Å². The van der Waals surface area contributed by atoms with Gasteiger partial charge in [0.2, 0.25) is 0 Å². The van der Waals surface area contributed by atoms with Crippen LogP contribution in [0.2, 0.25) is 0 Å². The van der Waals surface area contributed by atoms with Crippen LogP contribution in [0.15, 0.2) is 104 Å². The summed E-state index contributed by atoms with van der Waals surface area (Å²) in [6.07, 6.45) is 7.78. The smallest absolute Gasteiger partial charge is 0.417 e. The van der Waals surface area contributed by atoms with Crippen molar-refractivity contribution >= 4 is 18.1 Å². The maximum Gasteiger partial charge on any atom is 0.417 e. The summed E-state index contributed by atoms with van der Waals surface area (Å²) in [4.78, 5) is 11.5. The van der Waals surface area contributed by atoms with Crippen LogP contribution in [0.4, 0.5) is 5.69 Å².